The molecule has 0 amide bonds. The van der Waals surface area contributed by atoms with Gasteiger partial charge in [-0.2, -0.15) is 0 Å². The molecule has 0 N–H and O–H groups in total. The van der Waals surface area contributed by atoms with Crippen molar-refractivity contribution in [3.05, 3.63) is 107 Å². The molecule has 0 unspecified atom stereocenters. The maximum atomic E-state index is 4.63. The normalized spacial score (nSPS) is 12.1. The van der Waals surface area contributed by atoms with Crippen LogP contribution in [-0.4, -0.2) is 12.4 Å². The van der Waals surface area contributed by atoms with E-state index in [2.05, 4.69) is 73.2 Å². The zero-order valence-corrected chi connectivity index (χ0v) is 17.0. The molecule has 3 aromatic carbocycles. The number of nitrogens with zero attached hydrogens (tertiary/aromatic N) is 2. The maximum Gasteiger partial charge on any atom is 0.0639 e. The van der Waals surface area contributed by atoms with Crippen LogP contribution in [0.5, 0.6) is 0 Å². The summed E-state index contributed by atoms with van der Waals surface area (Å²) in [6.45, 7) is 8.09. The van der Waals surface area contributed by atoms with Crippen LogP contribution >= 0.6 is 0 Å². The molecule has 0 radical (unpaired) electrons. The minimum absolute atomic E-state index is 0.0747. The van der Waals surface area contributed by atoms with Gasteiger partial charge in [-0.25, -0.2) is 0 Å². The van der Waals surface area contributed by atoms with Crippen molar-refractivity contribution >= 4 is 12.4 Å². The van der Waals surface area contributed by atoms with Gasteiger partial charge in [0.1, 0.15) is 0 Å². The second-order valence-electron chi connectivity index (χ2n) is 8.05. The first-order valence-corrected chi connectivity index (χ1v) is 9.74. The molecule has 0 bridgehead atoms. The summed E-state index contributed by atoms with van der Waals surface area (Å²) in [6, 6.07) is 27.3. The molecule has 0 saturated heterocycles. The van der Waals surface area contributed by atoms with Crippen molar-refractivity contribution in [2.75, 3.05) is 0 Å². The van der Waals surface area contributed by atoms with Crippen molar-refractivity contribution in [1.82, 2.24) is 0 Å². The summed E-state index contributed by atoms with van der Waals surface area (Å²) in [6.07, 6.45) is 3.94. The lowest BCUT2D eigenvalue weighted by Crippen LogP contribution is -2.12. The van der Waals surface area contributed by atoms with Crippen molar-refractivity contribution in [3.63, 3.8) is 0 Å². The molecular formula is C26H28N2. The van der Waals surface area contributed by atoms with E-state index in [4.69, 9.17) is 0 Å². The standard InChI is InChI=1S/C26H28N2/c1-26(2,3)25-15-23(19-27-17-21-10-6-4-7-11-21)14-24(16-25)20-28-18-22-12-8-5-9-13-22/h4-16,19-20H,17-18H2,1-3H3. The Bertz CT molecular complexity index is 863. The fourth-order valence-electron chi connectivity index (χ4n) is 2.94. The fourth-order valence-corrected chi connectivity index (χ4v) is 2.94. The van der Waals surface area contributed by atoms with Crippen molar-refractivity contribution in [2.24, 2.45) is 9.98 Å². The van der Waals surface area contributed by atoms with Gasteiger partial charge in [0.25, 0.3) is 0 Å². The Morgan fingerprint density at radius 2 is 1.07 bits per heavy atom. The highest BCUT2D eigenvalue weighted by Gasteiger charge is 2.14. The highest BCUT2D eigenvalue weighted by atomic mass is 14.7. The van der Waals surface area contributed by atoms with Crippen LogP contribution in [0.4, 0.5) is 0 Å². The molecule has 0 atom stereocenters. The lowest BCUT2D eigenvalue weighted by Gasteiger charge is -2.20. The lowest BCUT2D eigenvalue weighted by atomic mass is 9.85. The molecule has 3 rings (SSSR count). The molecule has 0 aliphatic rings. The molecule has 0 saturated carbocycles. The second kappa shape index (κ2) is 9.27. The molecule has 0 aliphatic heterocycles. The largest absolute Gasteiger partial charge is 0.288 e. The number of rotatable bonds is 6. The average molecular weight is 369 g/mol. The second-order valence-corrected chi connectivity index (χ2v) is 8.05. The first-order chi connectivity index (χ1) is 13.5. The van der Waals surface area contributed by atoms with E-state index in [9.17, 15) is 0 Å². The third-order valence-corrected chi connectivity index (χ3v) is 4.56. The highest BCUT2D eigenvalue weighted by Crippen LogP contribution is 2.24. The Labute approximate surface area is 168 Å². The maximum absolute atomic E-state index is 4.63. The summed E-state index contributed by atoms with van der Waals surface area (Å²) in [5.74, 6) is 0. The van der Waals surface area contributed by atoms with Gasteiger partial charge in [-0.3, -0.25) is 9.98 Å². The van der Waals surface area contributed by atoms with Crippen LogP contribution in [0.15, 0.2) is 88.8 Å². The van der Waals surface area contributed by atoms with Crippen molar-refractivity contribution in [2.45, 2.75) is 39.3 Å². The molecule has 0 heterocycles. The van der Waals surface area contributed by atoms with E-state index in [1.54, 1.807) is 0 Å². The molecule has 0 aliphatic carbocycles. The van der Waals surface area contributed by atoms with E-state index >= 15 is 0 Å². The van der Waals surface area contributed by atoms with Gasteiger partial charge in [-0.1, -0.05) is 81.4 Å². The number of aliphatic imine (C=N–C) groups is 2. The van der Waals surface area contributed by atoms with Crippen LogP contribution < -0.4 is 0 Å². The first-order valence-electron chi connectivity index (χ1n) is 9.74. The van der Waals surface area contributed by atoms with E-state index in [-0.39, 0.29) is 5.41 Å². The third kappa shape index (κ3) is 6.02. The van der Waals surface area contributed by atoms with Crippen LogP contribution in [0.1, 0.15) is 48.6 Å². The van der Waals surface area contributed by atoms with Gasteiger partial charge in [0.15, 0.2) is 0 Å². The number of hydrogen-bond donors (Lipinski definition) is 0. The van der Waals surface area contributed by atoms with Crippen LogP contribution in [0.25, 0.3) is 0 Å². The molecule has 142 valence electrons. The van der Waals surface area contributed by atoms with E-state index in [0.717, 1.165) is 11.1 Å². The Balaban J connectivity index is 1.78. The van der Waals surface area contributed by atoms with Crippen LogP contribution in [0.2, 0.25) is 0 Å². The van der Waals surface area contributed by atoms with Gasteiger partial charge < -0.3 is 0 Å². The first kappa shape index (κ1) is 19.8. The highest BCUT2D eigenvalue weighted by molar-refractivity contribution is 5.87. The van der Waals surface area contributed by atoms with Gasteiger partial charge in [0, 0.05) is 12.4 Å². The zero-order chi connectivity index (χ0) is 19.8. The SMILES string of the molecule is CC(C)(C)c1cc(C=NCc2ccccc2)cc(C=NCc2ccccc2)c1. The monoisotopic (exact) mass is 368 g/mol. The molecule has 3 aromatic rings. The zero-order valence-electron chi connectivity index (χ0n) is 17.0. The van der Waals surface area contributed by atoms with E-state index in [1.165, 1.54) is 16.7 Å². The van der Waals surface area contributed by atoms with Crippen LogP contribution in [-0.2, 0) is 18.5 Å². The van der Waals surface area contributed by atoms with Crippen molar-refractivity contribution < 1.29 is 0 Å². The van der Waals surface area contributed by atoms with Gasteiger partial charge in [0.05, 0.1) is 13.1 Å². The summed E-state index contributed by atoms with van der Waals surface area (Å²) in [7, 11) is 0. The van der Waals surface area contributed by atoms with Crippen molar-refractivity contribution in [3.8, 4) is 0 Å². The third-order valence-electron chi connectivity index (χ3n) is 4.56. The molecule has 2 heteroatoms. The van der Waals surface area contributed by atoms with E-state index in [1.807, 2.05) is 48.8 Å². The smallest absolute Gasteiger partial charge is 0.0639 e. The Kier molecular flexibility index (Phi) is 6.54. The van der Waals surface area contributed by atoms with Gasteiger partial charge in [0.2, 0.25) is 0 Å². The molecule has 0 fully saturated rings. The lowest BCUT2D eigenvalue weighted by molar-refractivity contribution is 0.590. The minimum Gasteiger partial charge on any atom is -0.288 e. The molecule has 0 spiro atoms. The van der Waals surface area contributed by atoms with Gasteiger partial charge in [-0.05, 0) is 51.4 Å². The summed E-state index contributed by atoms with van der Waals surface area (Å²) < 4.78 is 0. The minimum atomic E-state index is 0.0747. The molecule has 2 nitrogen and oxygen atoms in total. The Morgan fingerprint density at radius 1 is 0.643 bits per heavy atom. The van der Waals surface area contributed by atoms with Gasteiger partial charge >= 0.3 is 0 Å². The summed E-state index contributed by atoms with van der Waals surface area (Å²) >= 11 is 0. The summed E-state index contributed by atoms with van der Waals surface area (Å²) in [4.78, 5) is 9.27. The van der Waals surface area contributed by atoms with Crippen LogP contribution in [0, 0.1) is 0 Å². The van der Waals surface area contributed by atoms with Crippen LogP contribution in [0.3, 0.4) is 0 Å². The summed E-state index contributed by atoms with van der Waals surface area (Å²) in [5.41, 5.74) is 6.03. The predicted octanol–water partition coefficient (Wildman–Crippen LogP) is 6.22. The number of hydrogen-bond acceptors (Lipinski definition) is 2. The number of benzene rings is 3. The predicted molar refractivity (Wildman–Crippen MR) is 121 cm³/mol. The molecule has 28 heavy (non-hydrogen) atoms. The quantitative estimate of drug-likeness (QED) is 0.461. The van der Waals surface area contributed by atoms with E-state index in [0.29, 0.717) is 13.1 Å². The summed E-state index contributed by atoms with van der Waals surface area (Å²) in [5, 5.41) is 0. The Morgan fingerprint density at radius 3 is 1.46 bits per heavy atom. The molecular weight excluding hydrogens is 340 g/mol. The average Bonchev–Trinajstić information content (AvgIpc) is 2.69. The van der Waals surface area contributed by atoms with Gasteiger partial charge in [-0.15, -0.1) is 0 Å². The van der Waals surface area contributed by atoms with E-state index < -0.39 is 0 Å². The Hall–Kier alpha value is -3.00. The fraction of sp³-hybridized carbons (Fsp3) is 0.231. The topological polar surface area (TPSA) is 24.7 Å². The molecule has 0 aromatic heterocycles. The van der Waals surface area contributed by atoms with Crippen molar-refractivity contribution in [1.29, 1.82) is 0 Å².